The van der Waals surface area contributed by atoms with Crippen LogP contribution in [-0.2, 0) is 25.5 Å². The highest BCUT2D eigenvalue weighted by atomic mass is 35.5. The average molecular weight is 504 g/mol. The predicted octanol–water partition coefficient (Wildman–Crippen LogP) is 6.13. The lowest BCUT2D eigenvalue weighted by atomic mass is 9.84. The first-order valence-corrected chi connectivity index (χ1v) is 12.5. The fourth-order valence-corrected chi connectivity index (χ4v) is 4.41. The van der Waals surface area contributed by atoms with Crippen LogP contribution in [0.5, 0.6) is 0 Å². The first kappa shape index (κ1) is 26.2. The Hall–Kier alpha value is -2.37. The minimum atomic E-state index is -0.738. The summed E-state index contributed by atoms with van der Waals surface area (Å²) in [5.74, 6) is -1.47. The van der Waals surface area contributed by atoms with E-state index in [1.54, 1.807) is 19.9 Å². The van der Waals surface area contributed by atoms with Crippen LogP contribution >= 0.6 is 23.2 Å². The maximum atomic E-state index is 12.7. The fourth-order valence-electron chi connectivity index (χ4n) is 4.00. The van der Waals surface area contributed by atoms with E-state index in [1.807, 2.05) is 37.3 Å². The van der Waals surface area contributed by atoms with Crippen LogP contribution in [0.4, 0.5) is 0 Å². The van der Waals surface area contributed by atoms with Gasteiger partial charge in [0, 0.05) is 17.5 Å². The van der Waals surface area contributed by atoms with Gasteiger partial charge in [0.25, 0.3) is 5.91 Å². The SMILES string of the molecule is CCC(C)(C)C(=O)C(=O)N1CCC[C@H]1C(=O)OCCCc1cccc(-c2cccc(Cl)c2Cl)c1. The number of ether oxygens (including phenoxy) is 1. The Morgan fingerprint density at radius 1 is 1.12 bits per heavy atom. The minimum absolute atomic E-state index is 0.244. The van der Waals surface area contributed by atoms with Gasteiger partial charge in [-0.3, -0.25) is 9.59 Å². The van der Waals surface area contributed by atoms with Gasteiger partial charge in [0.2, 0.25) is 5.78 Å². The first-order valence-electron chi connectivity index (χ1n) is 11.7. The van der Waals surface area contributed by atoms with Crippen molar-refractivity contribution < 1.29 is 19.1 Å². The molecule has 0 spiro atoms. The highest BCUT2D eigenvalue weighted by molar-refractivity contribution is 6.43. The molecule has 1 fully saturated rings. The second-order valence-electron chi connectivity index (χ2n) is 9.30. The summed E-state index contributed by atoms with van der Waals surface area (Å²) in [5, 5.41) is 1.03. The van der Waals surface area contributed by atoms with Crippen LogP contribution in [0, 0.1) is 5.41 Å². The number of carbonyl (C=O) groups is 3. The fraction of sp³-hybridized carbons (Fsp3) is 0.444. The Kier molecular flexibility index (Phi) is 8.78. The minimum Gasteiger partial charge on any atom is -0.464 e. The molecule has 0 saturated carbocycles. The molecule has 1 saturated heterocycles. The van der Waals surface area contributed by atoms with E-state index in [0.29, 0.717) is 42.3 Å². The summed E-state index contributed by atoms with van der Waals surface area (Å²) in [6, 6.07) is 12.9. The Morgan fingerprint density at radius 3 is 2.59 bits per heavy atom. The van der Waals surface area contributed by atoms with Crippen molar-refractivity contribution in [2.24, 2.45) is 5.41 Å². The van der Waals surface area contributed by atoms with Crippen LogP contribution in [-0.4, -0.2) is 41.8 Å². The molecule has 0 radical (unpaired) electrons. The number of rotatable bonds is 9. The molecule has 1 aliphatic rings. The summed E-state index contributed by atoms with van der Waals surface area (Å²) in [4.78, 5) is 39.4. The molecule has 182 valence electrons. The van der Waals surface area contributed by atoms with Gasteiger partial charge in [-0.15, -0.1) is 0 Å². The van der Waals surface area contributed by atoms with Gasteiger partial charge in [-0.25, -0.2) is 4.79 Å². The first-order chi connectivity index (χ1) is 16.2. The number of benzene rings is 2. The van der Waals surface area contributed by atoms with Crippen LogP contribution in [0.15, 0.2) is 42.5 Å². The molecule has 0 N–H and O–H groups in total. The summed E-state index contributed by atoms with van der Waals surface area (Å²) in [5.41, 5.74) is 2.20. The van der Waals surface area contributed by atoms with E-state index >= 15 is 0 Å². The van der Waals surface area contributed by atoms with E-state index in [2.05, 4.69) is 6.07 Å². The molecule has 0 unspecified atom stereocenters. The van der Waals surface area contributed by atoms with Gasteiger partial charge in [-0.1, -0.05) is 80.4 Å². The topological polar surface area (TPSA) is 63.7 Å². The third kappa shape index (κ3) is 6.00. The van der Waals surface area contributed by atoms with E-state index < -0.39 is 29.1 Å². The summed E-state index contributed by atoms with van der Waals surface area (Å²) >= 11 is 12.5. The van der Waals surface area contributed by atoms with Gasteiger partial charge in [0.15, 0.2) is 0 Å². The molecule has 1 atom stereocenters. The molecule has 0 aliphatic carbocycles. The molecule has 1 heterocycles. The molecule has 2 aromatic carbocycles. The number of ketones is 1. The average Bonchev–Trinajstić information content (AvgIpc) is 3.33. The molecule has 7 heteroatoms. The number of carbonyl (C=O) groups excluding carboxylic acids is 3. The lowest BCUT2D eigenvalue weighted by molar-refractivity contribution is -0.157. The highest BCUT2D eigenvalue weighted by Crippen LogP contribution is 2.34. The lowest BCUT2D eigenvalue weighted by Gasteiger charge is -2.27. The molecule has 0 bridgehead atoms. The van der Waals surface area contributed by atoms with Gasteiger partial charge in [-0.2, -0.15) is 0 Å². The Balaban J connectivity index is 1.54. The maximum Gasteiger partial charge on any atom is 0.328 e. The van der Waals surface area contributed by atoms with Gasteiger partial charge in [0.1, 0.15) is 6.04 Å². The van der Waals surface area contributed by atoms with Crippen LogP contribution in [0.2, 0.25) is 10.0 Å². The number of amides is 1. The Morgan fingerprint density at radius 2 is 1.85 bits per heavy atom. The third-order valence-corrected chi connectivity index (χ3v) is 7.34. The van der Waals surface area contributed by atoms with Crippen molar-refractivity contribution in [2.75, 3.05) is 13.2 Å². The van der Waals surface area contributed by atoms with E-state index in [0.717, 1.165) is 23.1 Å². The zero-order valence-corrected chi connectivity index (χ0v) is 21.4. The normalized spacial score (nSPS) is 15.9. The number of Topliss-reactive ketones (excluding diaryl/α,β-unsaturated/α-hetero) is 1. The Labute approximate surface area is 211 Å². The summed E-state index contributed by atoms with van der Waals surface area (Å²) in [6.07, 6.45) is 3.12. The van der Waals surface area contributed by atoms with Crippen LogP contribution in [0.1, 0.15) is 52.0 Å². The van der Waals surface area contributed by atoms with Crippen LogP contribution < -0.4 is 0 Å². The van der Waals surface area contributed by atoms with Crippen molar-refractivity contribution in [1.29, 1.82) is 0 Å². The summed E-state index contributed by atoms with van der Waals surface area (Å²) in [7, 11) is 0. The van der Waals surface area contributed by atoms with Crippen LogP contribution in [0.3, 0.4) is 0 Å². The smallest absolute Gasteiger partial charge is 0.328 e. The summed E-state index contributed by atoms with van der Waals surface area (Å²) in [6.45, 7) is 6.04. The van der Waals surface area contributed by atoms with Crippen LogP contribution in [0.25, 0.3) is 11.1 Å². The molecule has 1 aliphatic heterocycles. The van der Waals surface area contributed by atoms with Gasteiger partial charge < -0.3 is 9.64 Å². The molecular formula is C27H31Cl2NO4. The number of hydrogen-bond acceptors (Lipinski definition) is 4. The van der Waals surface area contributed by atoms with Gasteiger partial charge in [0.05, 0.1) is 16.7 Å². The monoisotopic (exact) mass is 503 g/mol. The van der Waals surface area contributed by atoms with Crippen molar-refractivity contribution in [1.82, 2.24) is 4.90 Å². The molecule has 1 amide bonds. The number of halogens is 2. The lowest BCUT2D eigenvalue weighted by Crippen LogP contribution is -2.48. The second-order valence-corrected chi connectivity index (χ2v) is 10.1. The molecule has 5 nitrogen and oxygen atoms in total. The maximum absolute atomic E-state index is 12.7. The number of esters is 1. The standard InChI is InChI=1S/C27H31Cl2NO4/c1-4-27(2,3)24(31)25(32)30-15-7-14-22(30)26(33)34-16-8-10-18-9-5-11-19(17-18)20-12-6-13-21(28)23(20)29/h5-6,9,11-13,17,22H,4,7-8,10,14-16H2,1-3H3/t22-/m0/s1. The van der Waals surface area contributed by atoms with E-state index in [4.69, 9.17) is 27.9 Å². The van der Waals surface area contributed by atoms with Crippen molar-refractivity contribution in [3.05, 3.63) is 58.1 Å². The zero-order chi connectivity index (χ0) is 24.9. The largest absolute Gasteiger partial charge is 0.464 e. The second kappa shape index (κ2) is 11.4. The van der Waals surface area contributed by atoms with Crippen molar-refractivity contribution in [2.45, 2.75) is 58.9 Å². The quantitative estimate of drug-likeness (QED) is 0.234. The summed E-state index contributed by atoms with van der Waals surface area (Å²) < 4.78 is 5.49. The molecule has 2 aromatic rings. The van der Waals surface area contributed by atoms with E-state index in [9.17, 15) is 14.4 Å². The Bertz CT molecular complexity index is 1070. The molecular weight excluding hydrogens is 473 g/mol. The van der Waals surface area contributed by atoms with Crippen molar-refractivity contribution >= 4 is 40.9 Å². The molecule has 34 heavy (non-hydrogen) atoms. The number of hydrogen-bond donors (Lipinski definition) is 0. The number of nitrogens with zero attached hydrogens (tertiary/aromatic N) is 1. The van der Waals surface area contributed by atoms with Gasteiger partial charge in [-0.05, 0) is 49.3 Å². The molecule has 3 rings (SSSR count). The van der Waals surface area contributed by atoms with Crippen molar-refractivity contribution in [3.8, 4) is 11.1 Å². The van der Waals surface area contributed by atoms with E-state index in [-0.39, 0.29) is 6.61 Å². The third-order valence-electron chi connectivity index (χ3n) is 6.52. The van der Waals surface area contributed by atoms with Crippen molar-refractivity contribution in [3.63, 3.8) is 0 Å². The van der Waals surface area contributed by atoms with Gasteiger partial charge >= 0.3 is 5.97 Å². The number of likely N-dealkylation sites (tertiary alicyclic amines) is 1. The number of aryl methyl sites for hydroxylation is 1. The predicted molar refractivity (Wildman–Crippen MR) is 135 cm³/mol. The zero-order valence-electron chi connectivity index (χ0n) is 19.9. The molecule has 0 aromatic heterocycles. The highest BCUT2D eigenvalue weighted by Gasteiger charge is 2.41. The van der Waals surface area contributed by atoms with E-state index in [1.165, 1.54) is 4.90 Å².